The molecule has 28 heavy (non-hydrogen) atoms. The van der Waals surface area contributed by atoms with Gasteiger partial charge in [0, 0.05) is 12.7 Å². The Bertz CT molecular complexity index is 999. The van der Waals surface area contributed by atoms with Crippen LogP contribution in [0.1, 0.15) is 27.6 Å². The van der Waals surface area contributed by atoms with Crippen LogP contribution in [-0.4, -0.2) is 35.1 Å². The maximum Gasteiger partial charge on any atom is 0.263 e. The van der Waals surface area contributed by atoms with E-state index < -0.39 is 0 Å². The number of ether oxygens (including phenoxy) is 1. The monoisotopic (exact) mass is 374 g/mol. The molecule has 142 valence electrons. The van der Waals surface area contributed by atoms with Crippen molar-refractivity contribution in [1.82, 2.24) is 9.47 Å². The number of carbonyl (C=O) groups excluding carboxylic acids is 1. The quantitative estimate of drug-likeness (QED) is 0.705. The molecule has 0 bridgehead atoms. The predicted molar refractivity (Wildman–Crippen MR) is 107 cm³/mol. The number of pyridine rings is 1. The van der Waals surface area contributed by atoms with Crippen LogP contribution >= 0.6 is 0 Å². The highest BCUT2D eigenvalue weighted by Gasteiger charge is 2.27. The molecule has 5 heteroatoms. The second-order valence-electron chi connectivity index (χ2n) is 6.86. The fourth-order valence-electron chi connectivity index (χ4n) is 3.48. The van der Waals surface area contributed by atoms with Gasteiger partial charge in [-0.3, -0.25) is 9.59 Å². The summed E-state index contributed by atoms with van der Waals surface area (Å²) in [4.78, 5) is 27.7. The van der Waals surface area contributed by atoms with Crippen LogP contribution in [0.15, 0.2) is 83.8 Å². The summed E-state index contributed by atoms with van der Waals surface area (Å²) in [6.07, 6.45) is 1.55. The van der Waals surface area contributed by atoms with Gasteiger partial charge in [-0.05, 0) is 23.3 Å². The molecule has 1 unspecified atom stereocenters. The molecule has 1 saturated heterocycles. The van der Waals surface area contributed by atoms with Crippen LogP contribution < -0.4 is 5.56 Å². The first-order chi connectivity index (χ1) is 13.7. The molecule has 0 saturated carbocycles. The summed E-state index contributed by atoms with van der Waals surface area (Å²) in [5.41, 5.74) is 1.99. The van der Waals surface area contributed by atoms with Crippen LogP contribution in [0.4, 0.5) is 0 Å². The number of nitrogens with zero attached hydrogens (tertiary/aromatic N) is 2. The molecule has 0 N–H and O–H groups in total. The van der Waals surface area contributed by atoms with Gasteiger partial charge in [0.1, 0.15) is 11.7 Å². The van der Waals surface area contributed by atoms with E-state index in [9.17, 15) is 9.59 Å². The zero-order chi connectivity index (χ0) is 19.3. The van der Waals surface area contributed by atoms with Crippen molar-refractivity contribution in [3.63, 3.8) is 0 Å². The van der Waals surface area contributed by atoms with Gasteiger partial charge in [-0.25, -0.2) is 0 Å². The molecule has 1 aliphatic rings. The first-order valence-corrected chi connectivity index (χ1v) is 9.41. The molecule has 1 aliphatic heterocycles. The Balaban J connectivity index is 1.54. The van der Waals surface area contributed by atoms with E-state index in [1.807, 2.05) is 60.7 Å². The second kappa shape index (κ2) is 8.23. The summed E-state index contributed by atoms with van der Waals surface area (Å²) < 4.78 is 7.42. The molecule has 2 aromatic carbocycles. The molecular formula is C23H22N2O3. The minimum atomic E-state index is -0.265. The standard InChI is InChI=1S/C23H22N2O3/c26-22-20(12-7-13-24(22)16-18-8-3-1-4-9-18)23(27)25-14-15-28-21(17-25)19-10-5-2-6-11-19/h1-13,21H,14-17H2. The van der Waals surface area contributed by atoms with Crippen LogP contribution in [0.5, 0.6) is 0 Å². The lowest BCUT2D eigenvalue weighted by Crippen LogP contribution is -2.44. The largest absolute Gasteiger partial charge is 0.370 e. The number of carbonyl (C=O) groups is 1. The van der Waals surface area contributed by atoms with Crippen molar-refractivity contribution in [3.8, 4) is 0 Å². The second-order valence-corrected chi connectivity index (χ2v) is 6.86. The SMILES string of the molecule is O=C(c1cccn(Cc2ccccc2)c1=O)N1CCOC(c2ccccc2)C1. The Hall–Kier alpha value is -3.18. The molecule has 1 fully saturated rings. The van der Waals surface area contributed by atoms with Crippen molar-refractivity contribution in [3.05, 3.63) is 106 Å². The lowest BCUT2D eigenvalue weighted by atomic mass is 10.1. The fraction of sp³-hybridized carbons (Fsp3) is 0.217. The number of benzene rings is 2. The molecule has 5 nitrogen and oxygen atoms in total. The summed E-state index contributed by atoms with van der Waals surface area (Å²) in [5, 5.41) is 0. The molecule has 1 aromatic heterocycles. The van der Waals surface area contributed by atoms with E-state index in [1.165, 1.54) is 0 Å². The summed E-state index contributed by atoms with van der Waals surface area (Å²) in [7, 11) is 0. The minimum absolute atomic E-state index is 0.172. The smallest absolute Gasteiger partial charge is 0.263 e. The molecule has 0 spiro atoms. The van der Waals surface area contributed by atoms with Crippen LogP contribution in [0.2, 0.25) is 0 Å². The maximum atomic E-state index is 13.1. The predicted octanol–water partition coefficient (Wildman–Crippen LogP) is 3.11. The Kier molecular flexibility index (Phi) is 5.35. The highest BCUT2D eigenvalue weighted by atomic mass is 16.5. The van der Waals surface area contributed by atoms with Gasteiger partial charge in [-0.15, -0.1) is 0 Å². The first-order valence-electron chi connectivity index (χ1n) is 9.41. The number of rotatable bonds is 4. The minimum Gasteiger partial charge on any atom is -0.370 e. The summed E-state index contributed by atoms with van der Waals surface area (Å²) in [6.45, 7) is 1.82. The summed E-state index contributed by atoms with van der Waals surface area (Å²) in [6, 6.07) is 23.0. The molecule has 1 amide bonds. The van der Waals surface area contributed by atoms with E-state index in [1.54, 1.807) is 27.8 Å². The number of amides is 1. The van der Waals surface area contributed by atoms with Gasteiger partial charge in [-0.1, -0.05) is 60.7 Å². The van der Waals surface area contributed by atoms with Crippen molar-refractivity contribution in [2.24, 2.45) is 0 Å². The van der Waals surface area contributed by atoms with Crippen LogP contribution in [0.25, 0.3) is 0 Å². The van der Waals surface area contributed by atoms with Gasteiger partial charge in [0.2, 0.25) is 0 Å². The summed E-state index contributed by atoms with van der Waals surface area (Å²) >= 11 is 0. The van der Waals surface area contributed by atoms with Gasteiger partial charge < -0.3 is 14.2 Å². The van der Waals surface area contributed by atoms with E-state index in [2.05, 4.69) is 0 Å². The molecule has 3 aromatic rings. The van der Waals surface area contributed by atoms with Crippen molar-refractivity contribution < 1.29 is 9.53 Å². The molecule has 0 radical (unpaired) electrons. The van der Waals surface area contributed by atoms with E-state index in [0.29, 0.717) is 26.2 Å². The average Bonchev–Trinajstić information content (AvgIpc) is 2.76. The first kappa shape index (κ1) is 18.2. The Morgan fingerprint density at radius 1 is 0.964 bits per heavy atom. The lowest BCUT2D eigenvalue weighted by Gasteiger charge is -2.33. The molecular weight excluding hydrogens is 352 g/mol. The fourth-order valence-corrected chi connectivity index (χ4v) is 3.48. The molecule has 1 atom stereocenters. The van der Waals surface area contributed by atoms with Gasteiger partial charge in [-0.2, -0.15) is 0 Å². The molecule has 0 aliphatic carbocycles. The third-order valence-corrected chi connectivity index (χ3v) is 4.97. The van der Waals surface area contributed by atoms with Gasteiger partial charge in [0.05, 0.1) is 19.7 Å². The van der Waals surface area contributed by atoms with Crippen molar-refractivity contribution >= 4 is 5.91 Å². The maximum absolute atomic E-state index is 13.1. The number of aromatic nitrogens is 1. The zero-order valence-electron chi connectivity index (χ0n) is 15.5. The Morgan fingerprint density at radius 2 is 1.68 bits per heavy atom. The van der Waals surface area contributed by atoms with Crippen molar-refractivity contribution in [2.45, 2.75) is 12.6 Å². The van der Waals surface area contributed by atoms with Gasteiger partial charge in [0.25, 0.3) is 11.5 Å². The van der Waals surface area contributed by atoms with E-state index in [-0.39, 0.29) is 23.1 Å². The Morgan fingerprint density at radius 3 is 2.43 bits per heavy atom. The van der Waals surface area contributed by atoms with Gasteiger partial charge >= 0.3 is 0 Å². The van der Waals surface area contributed by atoms with Crippen molar-refractivity contribution in [2.75, 3.05) is 19.7 Å². The number of hydrogen-bond acceptors (Lipinski definition) is 3. The highest BCUT2D eigenvalue weighted by Crippen LogP contribution is 2.22. The summed E-state index contributed by atoms with van der Waals surface area (Å²) in [5.74, 6) is -0.239. The van der Waals surface area contributed by atoms with Crippen molar-refractivity contribution in [1.29, 1.82) is 0 Å². The third kappa shape index (κ3) is 3.89. The highest BCUT2D eigenvalue weighted by molar-refractivity contribution is 5.94. The Labute approximate surface area is 163 Å². The van der Waals surface area contributed by atoms with Crippen LogP contribution in [-0.2, 0) is 11.3 Å². The molecule has 4 rings (SSSR count). The topological polar surface area (TPSA) is 51.5 Å². The van der Waals surface area contributed by atoms with E-state index in [0.717, 1.165) is 11.1 Å². The van der Waals surface area contributed by atoms with Crippen LogP contribution in [0.3, 0.4) is 0 Å². The average molecular weight is 374 g/mol. The lowest BCUT2D eigenvalue weighted by molar-refractivity contribution is -0.0229. The van der Waals surface area contributed by atoms with Crippen LogP contribution in [0, 0.1) is 0 Å². The molecule has 2 heterocycles. The van der Waals surface area contributed by atoms with Gasteiger partial charge in [0.15, 0.2) is 0 Å². The third-order valence-electron chi connectivity index (χ3n) is 4.97. The number of morpholine rings is 1. The van der Waals surface area contributed by atoms with E-state index in [4.69, 9.17) is 4.74 Å². The zero-order valence-corrected chi connectivity index (χ0v) is 15.5. The normalized spacial score (nSPS) is 16.7. The van der Waals surface area contributed by atoms with E-state index >= 15 is 0 Å². The number of hydrogen-bond donors (Lipinski definition) is 0.